The van der Waals surface area contributed by atoms with Crippen molar-refractivity contribution in [3.8, 4) is 17.2 Å². The van der Waals surface area contributed by atoms with Gasteiger partial charge in [0.1, 0.15) is 18.5 Å². The minimum absolute atomic E-state index is 0.177. The van der Waals surface area contributed by atoms with E-state index in [1.54, 1.807) is 18.2 Å². The van der Waals surface area contributed by atoms with Crippen molar-refractivity contribution in [2.24, 2.45) is 0 Å². The van der Waals surface area contributed by atoms with E-state index in [1.165, 1.54) is 5.56 Å². The lowest BCUT2D eigenvalue weighted by atomic mass is 10.1. The molecule has 0 fully saturated rings. The van der Waals surface area contributed by atoms with Gasteiger partial charge in [-0.3, -0.25) is 0 Å². The summed E-state index contributed by atoms with van der Waals surface area (Å²) in [6.07, 6.45) is -0.591. The number of hydrogen-bond donors (Lipinski definition) is 2. The SMILES string of the molecule is C[C@@H](NC[C@@H](O)COc1ccc2c(c1)OCO2)c1ccccc1. The first-order valence-electron chi connectivity index (χ1n) is 7.71. The number of hydrogen-bond acceptors (Lipinski definition) is 5. The third-order valence-corrected chi connectivity index (χ3v) is 3.75. The van der Waals surface area contributed by atoms with Crippen LogP contribution < -0.4 is 19.5 Å². The van der Waals surface area contributed by atoms with E-state index in [2.05, 4.69) is 24.4 Å². The molecule has 0 aliphatic carbocycles. The Morgan fingerprint density at radius 1 is 1.13 bits per heavy atom. The molecule has 2 aromatic carbocycles. The number of rotatable bonds is 7. The minimum Gasteiger partial charge on any atom is -0.491 e. The van der Waals surface area contributed by atoms with E-state index in [9.17, 15) is 5.11 Å². The number of benzene rings is 2. The normalized spacial score (nSPS) is 15.2. The van der Waals surface area contributed by atoms with Crippen LogP contribution in [0.1, 0.15) is 18.5 Å². The van der Waals surface area contributed by atoms with Crippen LogP contribution in [0.4, 0.5) is 0 Å². The fourth-order valence-electron chi connectivity index (χ4n) is 2.39. The van der Waals surface area contributed by atoms with Gasteiger partial charge in [0.25, 0.3) is 0 Å². The smallest absolute Gasteiger partial charge is 0.231 e. The molecular formula is C18H21NO4. The first-order chi connectivity index (χ1) is 11.2. The van der Waals surface area contributed by atoms with Gasteiger partial charge in [-0.2, -0.15) is 0 Å². The average Bonchev–Trinajstić information content (AvgIpc) is 3.06. The highest BCUT2D eigenvalue weighted by Gasteiger charge is 2.14. The monoisotopic (exact) mass is 315 g/mol. The van der Waals surface area contributed by atoms with E-state index in [-0.39, 0.29) is 19.4 Å². The molecule has 2 aromatic rings. The molecule has 0 spiro atoms. The second kappa shape index (κ2) is 7.35. The van der Waals surface area contributed by atoms with Gasteiger partial charge < -0.3 is 24.6 Å². The highest BCUT2D eigenvalue weighted by molar-refractivity contribution is 5.46. The molecule has 3 rings (SSSR count). The van der Waals surface area contributed by atoms with Gasteiger partial charge in [-0.15, -0.1) is 0 Å². The Kier molecular flexibility index (Phi) is 5.00. The van der Waals surface area contributed by atoms with Crippen molar-refractivity contribution in [2.45, 2.75) is 19.1 Å². The molecule has 122 valence electrons. The van der Waals surface area contributed by atoms with Crippen LogP contribution in [0.3, 0.4) is 0 Å². The van der Waals surface area contributed by atoms with E-state index in [0.29, 0.717) is 18.0 Å². The van der Waals surface area contributed by atoms with Gasteiger partial charge >= 0.3 is 0 Å². The topological polar surface area (TPSA) is 60.0 Å². The summed E-state index contributed by atoms with van der Waals surface area (Å²) in [7, 11) is 0. The molecule has 1 aliphatic rings. The fourth-order valence-corrected chi connectivity index (χ4v) is 2.39. The summed E-state index contributed by atoms with van der Waals surface area (Å²) >= 11 is 0. The summed E-state index contributed by atoms with van der Waals surface area (Å²) in [6.45, 7) is 2.98. The summed E-state index contributed by atoms with van der Waals surface area (Å²) in [5, 5.41) is 13.4. The third kappa shape index (κ3) is 4.15. The quantitative estimate of drug-likeness (QED) is 0.822. The molecular weight excluding hydrogens is 294 g/mol. The molecule has 5 heteroatoms. The highest BCUT2D eigenvalue weighted by Crippen LogP contribution is 2.35. The van der Waals surface area contributed by atoms with Gasteiger partial charge in [-0.05, 0) is 24.6 Å². The van der Waals surface area contributed by atoms with Crippen LogP contribution in [-0.4, -0.2) is 31.2 Å². The van der Waals surface area contributed by atoms with Crippen molar-refractivity contribution in [3.05, 3.63) is 54.1 Å². The predicted molar refractivity (Wildman–Crippen MR) is 86.9 cm³/mol. The highest BCUT2D eigenvalue weighted by atomic mass is 16.7. The zero-order chi connectivity index (χ0) is 16.1. The molecule has 1 aliphatic heterocycles. The largest absolute Gasteiger partial charge is 0.491 e. The lowest BCUT2D eigenvalue weighted by molar-refractivity contribution is 0.104. The molecule has 0 radical (unpaired) electrons. The van der Waals surface area contributed by atoms with Crippen molar-refractivity contribution < 1.29 is 19.3 Å². The van der Waals surface area contributed by atoms with E-state index in [4.69, 9.17) is 14.2 Å². The third-order valence-electron chi connectivity index (χ3n) is 3.75. The molecule has 0 amide bonds. The maximum atomic E-state index is 10.1. The van der Waals surface area contributed by atoms with Gasteiger partial charge in [-0.1, -0.05) is 30.3 Å². The fraction of sp³-hybridized carbons (Fsp3) is 0.333. The molecule has 5 nitrogen and oxygen atoms in total. The predicted octanol–water partition coefficient (Wildman–Crippen LogP) is 2.51. The van der Waals surface area contributed by atoms with Crippen LogP contribution in [0.15, 0.2) is 48.5 Å². The van der Waals surface area contributed by atoms with Crippen molar-refractivity contribution in [2.75, 3.05) is 19.9 Å². The number of fused-ring (bicyclic) bond motifs is 1. The lowest BCUT2D eigenvalue weighted by Gasteiger charge is -2.18. The Morgan fingerprint density at radius 2 is 1.91 bits per heavy atom. The molecule has 0 saturated heterocycles. The maximum absolute atomic E-state index is 10.1. The number of nitrogens with one attached hydrogen (secondary N) is 1. The minimum atomic E-state index is -0.591. The Balaban J connectivity index is 1.44. The molecule has 2 atom stereocenters. The van der Waals surface area contributed by atoms with E-state index < -0.39 is 6.10 Å². The Bertz CT molecular complexity index is 632. The maximum Gasteiger partial charge on any atom is 0.231 e. The Labute approximate surface area is 135 Å². The average molecular weight is 315 g/mol. The number of aliphatic hydroxyl groups is 1. The zero-order valence-electron chi connectivity index (χ0n) is 13.1. The van der Waals surface area contributed by atoms with Crippen LogP contribution in [0.5, 0.6) is 17.2 Å². The van der Waals surface area contributed by atoms with Crippen LogP contribution in [-0.2, 0) is 0 Å². The van der Waals surface area contributed by atoms with Crippen LogP contribution in [0.2, 0.25) is 0 Å². The Hall–Kier alpha value is -2.24. The Morgan fingerprint density at radius 3 is 2.74 bits per heavy atom. The standard InChI is InChI=1S/C18H21NO4/c1-13(14-5-3-2-4-6-14)19-10-15(20)11-21-16-7-8-17-18(9-16)23-12-22-17/h2-9,13,15,19-20H,10-12H2,1H3/t13-,15-/m1/s1. The summed E-state index contributed by atoms with van der Waals surface area (Å²) < 4.78 is 16.2. The summed E-state index contributed by atoms with van der Waals surface area (Å²) in [5.74, 6) is 2.05. The first-order valence-corrected chi connectivity index (χ1v) is 7.71. The second-order valence-corrected chi connectivity index (χ2v) is 5.52. The van der Waals surface area contributed by atoms with E-state index in [1.807, 2.05) is 18.2 Å². The number of aliphatic hydroxyl groups excluding tert-OH is 1. The van der Waals surface area contributed by atoms with Gasteiger partial charge in [0.05, 0.1) is 0 Å². The molecule has 0 aromatic heterocycles. The number of ether oxygens (including phenoxy) is 3. The summed E-state index contributed by atoms with van der Waals surface area (Å²) in [6, 6.07) is 15.7. The molecule has 23 heavy (non-hydrogen) atoms. The van der Waals surface area contributed by atoms with Gasteiger partial charge in [-0.25, -0.2) is 0 Å². The van der Waals surface area contributed by atoms with Gasteiger partial charge in [0, 0.05) is 18.7 Å². The second-order valence-electron chi connectivity index (χ2n) is 5.52. The zero-order valence-corrected chi connectivity index (χ0v) is 13.1. The van der Waals surface area contributed by atoms with Crippen molar-refractivity contribution in [3.63, 3.8) is 0 Å². The van der Waals surface area contributed by atoms with Gasteiger partial charge in [0.2, 0.25) is 6.79 Å². The van der Waals surface area contributed by atoms with Crippen molar-refractivity contribution >= 4 is 0 Å². The van der Waals surface area contributed by atoms with Crippen LogP contribution >= 0.6 is 0 Å². The molecule has 0 bridgehead atoms. The molecule has 1 heterocycles. The van der Waals surface area contributed by atoms with Crippen molar-refractivity contribution in [1.29, 1.82) is 0 Å². The van der Waals surface area contributed by atoms with E-state index >= 15 is 0 Å². The first kappa shape index (κ1) is 15.6. The lowest BCUT2D eigenvalue weighted by Crippen LogP contribution is -2.33. The molecule has 2 N–H and O–H groups in total. The molecule has 0 unspecified atom stereocenters. The molecule has 0 saturated carbocycles. The van der Waals surface area contributed by atoms with Gasteiger partial charge in [0.15, 0.2) is 11.5 Å². The van der Waals surface area contributed by atoms with E-state index in [0.717, 1.165) is 5.75 Å². The summed E-state index contributed by atoms with van der Waals surface area (Å²) in [5.41, 5.74) is 1.19. The van der Waals surface area contributed by atoms with Crippen molar-refractivity contribution in [1.82, 2.24) is 5.32 Å². The summed E-state index contributed by atoms with van der Waals surface area (Å²) in [4.78, 5) is 0. The van der Waals surface area contributed by atoms with Crippen LogP contribution in [0, 0.1) is 0 Å². The van der Waals surface area contributed by atoms with Crippen LogP contribution in [0.25, 0.3) is 0 Å².